The molecular formula is C22H20Cl3NO2. The number of rotatable bonds is 8. The van der Waals surface area contributed by atoms with Crippen LogP contribution in [0.3, 0.4) is 0 Å². The van der Waals surface area contributed by atoms with Crippen LogP contribution >= 0.6 is 34.8 Å². The van der Waals surface area contributed by atoms with Gasteiger partial charge in [-0.3, -0.25) is 0 Å². The molecule has 3 aromatic carbocycles. The van der Waals surface area contributed by atoms with E-state index in [9.17, 15) is 0 Å². The SMILES string of the molecule is CCOc1cc(CNc2cccc(Cl)c2)cc(Cl)c1OCc1cccc(Cl)c1. The molecule has 0 aromatic heterocycles. The van der Waals surface area contributed by atoms with E-state index in [-0.39, 0.29) is 0 Å². The zero-order valence-electron chi connectivity index (χ0n) is 15.3. The van der Waals surface area contributed by atoms with E-state index >= 15 is 0 Å². The van der Waals surface area contributed by atoms with E-state index in [0.29, 0.717) is 46.3 Å². The number of halogens is 3. The molecule has 3 nitrogen and oxygen atoms in total. The molecule has 0 saturated heterocycles. The first kappa shape index (κ1) is 20.7. The van der Waals surface area contributed by atoms with Crippen LogP contribution in [0.4, 0.5) is 5.69 Å². The lowest BCUT2D eigenvalue weighted by Gasteiger charge is -2.16. The topological polar surface area (TPSA) is 30.5 Å². The van der Waals surface area contributed by atoms with Gasteiger partial charge in [0.25, 0.3) is 0 Å². The molecule has 0 bridgehead atoms. The molecule has 0 atom stereocenters. The summed E-state index contributed by atoms with van der Waals surface area (Å²) in [6.45, 7) is 3.36. The van der Waals surface area contributed by atoms with Crippen LogP contribution in [-0.4, -0.2) is 6.61 Å². The smallest absolute Gasteiger partial charge is 0.180 e. The van der Waals surface area contributed by atoms with Gasteiger partial charge >= 0.3 is 0 Å². The molecule has 0 aliphatic heterocycles. The molecule has 28 heavy (non-hydrogen) atoms. The maximum absolute atomic E-state index is 6.49. The van der Waals surface area contributed by atoms with Crippen molar-refractivity contribution in [3.8, 4) is 11.5 Å². The maximum Gasteiger partial charge on any atom is 0.180 e. The molecule has 0 aliphatic rings. The Labute approximate surface area is 180 Å². The third-order valence-electron chi connectivity index (χ3n) is 3.96. The zero-order chi connectivity index (χ0) is 19.9. The molecule has 1 N–H and O–H groups in total. The standard InChI is InChI=1S/C22H20Cl3NO2/c1-2-27-21-11-16(13-26-19-8-4-7-18(24)12-19)10-20(25)22(21)28-14-15-5-3-6-17(23)9-15/h3-12,26H,2,13-14H2,1H3. The van der Waals surface area contributed by atoms with E-state index < -0.39 is 0 Å². The average molecular weight is 437 g/mol. The second-order valence-electron chi connectivity index (χ2n) is 6.12. The van der Waals surface area contributed by atoms with E-state index in [0.717, 1.165) is 16.8 Å². The number of ether oxygens (including phenoxy) is 2. The summed E-state index contributed by atoms with van der Waals surface area (Å²) in [6, 6.07) is 18.9. The van der Waals surface area contributed by atoms with Gasteiger partial charge in [0.1, 0.15) is 6.61 Å². The second kappa shape index (κ2) is 9.92. The Bertz CT molecular complexity index is 947. The van der Waals surface area contributed by atoms with E-state index in [1.807, 2.05) is 67.6 Å². The molecule has 0 aliphatic carbocycles. The fourth-order valence-electron chi connectivity index (χ4n) is 2.71. The van der Waals surface area contributed by atoms with E-state index in [1.165, 1.54) is 0 Å². The fourth-order valence-corrected chi connectivity index (χ4v) is 3.40. The van der Waals surface area contributed by atoms with Crippen LogP contribution in [0, 0.1) is 0 Å². The number of hydrogen-bond acceptors (Lipinski definition) is 3. The van der Waals surface area contributed by atoms with E-state index in [4.69, 9.17) is 44.3 Å². The molecule has 3 rings (SSSR count). The van der Waals surface area contributed by atoms with Gasteiger partial charge in [-0.05, 0) is 60.5 Å². The van der Waals surface area contributed by atoms with Gasteiger partial charge in [-0.25, -0.2) is 0 Å². The minimum absolute atomic E-state index is 0.348. The number of nitrogens with one attached hydrogen (secondary N) is 1. The summed E-state index contributed by atoms with van der Waals surface area (Å²) in [5, 5.41) is 5.17. The number of anilines is 1. The molecule has 0 unspecified atom stereocenters. The van der Waals surface area contributed by atoms with Crippen LogP contribution in [0.1, 0.15) is 18.1 Å². The van der Waals surface area contributed by atoms with Crippen LogP contribution in [0.2, 0.25) is 15.1 Å². The van der Waals surface area contributed by atoms with E-state index in [2.05, 4.69) is 5.32 Å². The molecule has 3 aromatic rings. The summed E-state index contributed by atoms with van der Waals surface area (Å²) in [6.07, 6.45) is 0. The molecule has 0 amide bonds. The highest BCUT2D eigenvalue weighted by Crippen LogP contribution is 2.37. The predicted molar refractivity (Wildman–Crippen MR) is 117 cm³/mol. The Morgan fingerprint density at radius 1 is 0.821 bits per heavy atom. The lowest BCUT2D eigenvalue weighted by molar-refractivity contribution is 0.269. The van der Waals surface area contributed by atoms with Gasteiger partial charge < -0.3 is 14.8 Å². The summed E-state index contributed by atoms with van der Waals surface area (Å²) < 4.78 is 11.7. The van der Waals surface area contributed by atoms with Crippen LogP contribution < -0.4 is 14.8 Å². The van der Waals surface area contributed by atoms with Crippen LogP contribution in [0.25, 0.3) is 0 Å². The van der Waals surface area contributed by atoms with Crippen LogP contribution in [0.15, 0.2) is 60.7 Å². The molecule has 146 valence electrons. The number of hydrogen-bond donors (Lipinski definition) is 1. The quantitative estimate of drug-likeness (QED) is 0.404. The normalized spacial score (nSPS) is 10.6. The van der Waals surface area contributed by atoms with Gasteiger partial charge in [0, 0.05) is 22.3 Å². The fraction of sp³-hybridized carbons (Fsp3) is 0.182. The van der Waals surface area contributed by atoms with Crippen molar-refractivity contribution >= 4 is 40.5 Å². The second-order valence-corrected chi connectivity index (χ2v) is 7.40. The Balaban J connectivity index is 1.75. The molecular weight excluding hydrogens is 417 g/mol. The van der Waals surface area contributed by atoms with Crippen molar-refractivity contribution in [2.75, 3.05) is 11.9 Å². The van der Waals surface area contributed by atoms with Gasteiger partial charge in [-0.15, -0.1) is 0 Å². The first-order chi connectivity index (χ1) is 13.5. The van der Waals surface area contributed by atoms with Gasteiger partial charge in [0.2, 0.25) is 0 Å². The molecule has 0 heterocycles. The first-order valence-corrected chi connectivity index (χ1v) is 10.0. The molecule has 0 fully saturated rings. The van der Waals surface area contributed by atoms with Crippen LogP contribution in [-0.2, 0) is 13.2 Å². The van der Waals surface area contributed by atoms with Gasteiger partial charge in [-0.2, -0.15) is 0 Å². The molecule has 6 heteroatoms. The van der Waals surface area contributed by atoms with Gasteiger partial charge in [0.05, 0.1) is 11.6 Å². The molecule has 0 saturated carbocycles. The zero-order valence-corrected chi connectivity index (χ0v) is 17.6. The van der Waals surface area contributed by atoms with Crippen molar-refractivity contribution in [3.63, 3.8) is 0 Å². The van der Waals surface area contributed by atoms with Gasteiger partial charge in [-0.1, -0.05) is 53.0 Å². The molecule has 0 spiro atoms. The minimum Gasteiger partial charge on any atom is -0.490 e. The lowest BCUT2D eigenvalue weighted by Crippen LogP contribution is -2.04. The third-order valence-corrected chi connectivity index (χ3v) is 4.71. The van der Waals surface area contributed by atoms with Gasteiger partial charge in [0.15, 0.2) is 11.5 Å². The lowest BCUT2D eigenvalue weighted by atomic mass is 10.2. The summed E-state index contributed by atoms with van der Waals surface area (Å²) >= 11 is 18.6. The number of benzene rings is 3. The maximum atomic E-state index is 6.49. The van der Waals surface area contributed by atoms with Crippen molar-refractivity contribution in [1.82, 2.24) is 0 Å². The van der Waals surface area contributed by atoms with Crippen molar-refractivity contribution in [1.29, 1.82) is 0 Å². The largest absolute Gasteiger partial charge is 0.490 e. The monoisotopic (exact) mass is 435 g/mol. The Hall–Kier alpha value is -2.07. The highest BCUT2D eigenvalue weighted by molar-refractivity contribution is 6.32. The van der Waals surface area contributed by atoms with Crippen molar-refractivity contribution in [2.24, 2.45) is 0 Å². The Morgan fingerprint density at radius 3 is 2.29 bits per heavy atom. The van der Waals surface area contributed by atoms with Crippen molar-refractivity contribution < 1.29 is 9.47 Å². The first-order valence-electron chi connectivity index (χ1n) is 8.87. The van der Waals surface area contributed by atoms with Crippen molar-refractivity contribution in [3.05, 3.63) is 86.9 Å². The third kappa shape index (κ3) is 5.71. The van der Waals surface area contributed by atoms with E-state index in [1.54, 1.807) is 0 Å². The summed E-state index contributed by atoms with van der Waals surface area (Å²) in [4.78, 5) is 0. The Kier molecular flexibility index (Phi) is 7.32. The Morgan fingerprint density at radius 2 is 1.57 bits per heavy atom. The minimum atomic E-state index is 0.348. The highest BCUT2D eigenvalue weighted by atomic mass is 35.5. The predicted octanol–water partition coefficient (Wildman–Crippen LogP) is 7.24. The molecule has 0 radical (unpaired) electrons. The average Bonchev–Trinajstić information content (AvgIpc) is 2.66. The summed E-state index contributed by atoms with van der Waals surface area (Å²) in [7, 11) is 0. The van der Waals surface area contributed by atoms with Crippen molar-refractivity contribution in [2.45, 2.75) is 20.1 Å². The van der Waals surface area contributed by atoms with Crippen LogP contribution in [0.5, 0.6) is 11.5 Å². The summed E-state index contributed by atoms with van der Waals surface area (Å²) in [5.41, 5.74) is 2.86. The highest BCUT2D eigenvalue weighted by Gasteiger charge is 2.13. The summed E-state index contributed by atoms with van der Waals surface area (Å²) in [5.74, 6) is 1.13.